The third-order valence-corrected chi connectivity index (χ3v) is 6.57. The van der Waals surface area contributed by atoms with Gasteiger partial charge in [-0.2, -0.15) is 0 Å². The van der Waals surface area contributed by atoms with Crippen molar-refractivity contribution in [1.29, 1.82) is 0 Å². The second-order valence-corrected chi connectivity index (χ2v) is 9.36. The van der Waals surface area contributed by atoms with Gasteiger partial charge < -0.3 is 19.8 Å². The van der Waals surface area contributed by atoms with Crippen LogP contribution >= 0.6 is 0 Å². The molecule has 0 saturated heterocycles. The number of anilines is 1. The lowest BCUT2D eigenvalue weighted by Crippen LogP contribution is -2.28. The van der Waals surface area contributed by atoms with Crippen LogP contribution in [-0.4, -0.2) is 36.9 Å². The minimum absolute atomic E-state index is 0.0545. The van der Waals surface area contributed by atoms with Crippen LogP contribution in [0.25, 0.3) is 11.0 Å². The number of nitrogen functional groups attached to an aromatic ring is 1. The first kappa shape index (κ1) is 26.8. The van der Waals surface area contributed by atoms with Crippen LogP contribution in [0.3, 0.4) is 0 Å². The van der Waals surface area contributed by atoms with Gasteiger partial charge in [-0.15, -0.1) is 0 Å². The van der Waals surface area contributed by atoms with Gasteiger partial charge in [-0.3, -0.25) is 4.79 Å². The van der Waals surface area contributed by atoms with Gasteiger partial charge >= 0.3 is 0 Å². The molecule has 0 spiro atoms. The normalized spacial score (nSPS) is 11.4. The van der Waals surface area contributed by atoms with Gasteiger partial charge in [-0.05, 0) is 87.2 Å². The van der Waals surface area contributed by atoms with Gasteiger partial charge in [-0.1, -0.05) is 40.0 Å². The zero-order valence-corrected chi connectivity index (χ0v) is 21.8. The molecule has 3 rings (SSSR count). The minimum atomic E-state index is -0.0545. The Labute approximate surface area is 210 Å². The van der Waals surface area contributed by atoms with Gasteiger partial charge in [0.05, 0.1) is 12.2 Å². The molecule has 0 aliphatic heterocycles. The number of nitrogens with two attached hydrogens (primary N) is 1. The molecule has 35 heavy (non-hydrogen) atoms. The zero-order chi connectivity index (χ0) is 25.0. The summed E-state index contributed by atoms with van der Waals surface area (Å²) in [5.41, 5.74) is 9.89. The number of carbonyl (C=O) groups is 1. The molecule has 2 N–H and O–H groups in total. The van der Waals surface area contributed by atoms with E-state index in [2.05, 4.69) is 25.7 Å². The first-order chi connectivity index (χ1) is 17.1. The highest BCUT2D eigenvalue weighted by atomic mass is 16.5. The number of ketones is 1. The number of benzene rings is 2. The highest BCUT2D eigenvalue weighted by Crippen LogP contribution is 2.32. The molecule has 0 aliphatic carbocycles. The number of rotatable bonds is 16. The van der Waals surface area contributed by atoms with Gasteiger partial charge in [0.1, 0.15) is 17.6 Å². The van der Waals surface area contributed by atoms with Gasteiger partial charge in [0.2, 0.25) is 0 Å². The average molecular weight is 479 g/mol. The van der Waals surface area contributed by atoms with Crippen molar-refractivity contribution in [3.8, 4) is 5.75 Å². The maximum Gasteiger partial charge on any atom is 0.196 e. The molecule has 2 aromatic carbocycles. The molecule has 0 unspecified atom stereocenters. The molecule has 0 saturated carbocycles. The SMILES string of the molecule is CCCCc1c(N)ccc2occ(C(=O)c3ccc(OCCCN(CCCC)CCCC)cc3)c12. The van der Waals surface area contributed by atoms with E-state index in [1.807, 2.05) is 36.4 Å². The molecule has 1 heterocycles. The van der Waals surface area contributed by atoms with E-state index in [4.69, 9.17) is 14.9 Å². The lowest BCUT2D eigenvalue weighted by atomic mass is 9.96. The Morgan fingerprint density at radius 3 is 2.20 bits per heavy atom. The van der Waals surface area contributed by atoms with Crippen molar-refractivity contribution in [3.05, 3.63) is 59.4 Å². The number of aryl methyl sites for hydroxylation is 1. The van der Waals surface area contributed by atoms with Crippen LogP contribution in [0.2, 0.25) is 0 Å². The lowest BCUT2D eigenvalue weighted by Gasteiger charge is -2.21. The summed E-state index contributed by atoms with van der Waals surface area (Å²) in [6.07, 6.45) is 10.4. The first-order valence-corrected chi connectivity index (χ1v) is 13.4. The van der Waals surface area contributed by atoms with Crippen LogP contribution in [0.15, 0.2) is 47.1 Å². The molecular weight excluding hydrogens is 436 g/mol. The van der Waals surface area contributed by atoms with Gasteiger partial charge in [0.15, 0.2) is 5.78 Å². The first-order valence-electron chi connectivity index (χ1n) is 13.4. The number of unbranched alkanes of at least 4 members (excludes halogenated alkanes) is 3. The highest BCUT2D eigenvalue weighted by Gasteiger charge is 2.20. The van der Waals surface area contributed by atoms with E-state index in [-0.39, 0.29) is 5.78 Å². The topological polar surface area (TPSA) is 68.7 Å². The summed E-state index contributed by atoms with van der Waals surface area (Å²) in [6.45, 7) is 10.7. The van der Waals surface area contributed by atoms with Crippen molar-refractivity contribution in [3.63, 3.8) is 0 Å². The number of nitrogens with zero attached hydrogens (tertiary/aromatic N) is 1. The third kappa shape index (κ3) is 7.35. The molecule has 5 nitrogen and oxygen atoms in total. The predicted octanol–water partition coefficient (Wildman–Crippen LogP) is 7.26. The van der Waals surface area contributed by atoms with Crippen molar-refractivity contribution in [2.75, 3.05) is 32.0 Å². The number of furan rings is 1. The maximum atomic E-state index is 13.3. The van der Waals surface area contributed by atoms with Crippen LogP contribution in [0.5, 0.6) is 5.75 Å². The summed E-state index contributed by atoms with van der Waals surface area (Å²) in [5, 5.41) is 0.847. The van der Waals surface area contributed by atoms with E-state index < -0.39 is 0 Å². The van der Waals surface area contributed by atoms with Crippen molar-refractivity contribution in [1.82, 2.24) is 4.90 Å². The van der Waals surface area contributed by atoms with Crippen LogP contribution in [0.4, 0.5) is 5.69 Å². The van der Waals surface area contributed by atoms with Gasteiger partial charge in [0, 0.05) is 23.2 Å². The molecule has 1 aromatic heterocycles. The fourth-order valence-electron chi connectivity index (χ4n) is 4.44. The Morgan fingerprint density at radius 1 is 0.886 bits per heavy atom. The molecule has 5 heteroatoms. The maximum absolute atomic E-state index is 13.3. The average Bonchev–Trinajstić information content (AvgIpc) is 3.31. The quantitative estimate of drug-likeness (QED) is 0.133. The van der Waals surface area contributed by atoms with E-state index in [1.165, 1.54) is 38.8 Å². The Bertz CT molecular complexity index is 1050. The van der Waals surface area contributed by atoms with E-state index >= 15 is 0 Å². The molecule has 0 atom stereocenters. The molecular formula is C30H42N2O3. The number of hydrogen-bond donors (Lipinski definition) is 1. The number of ether oxygens (including phenoxy) is 1. The molecule has 0 radical (unpaired) electrons. The van der Waals surface area contributed by atoms with E-state index in [9.17, 15) is 4.79 Å². The molecule has 0 fully saturated rings. The lowest BCUT2D eigenvalue weighted by molar-refractivity contribution is 0.103. The third-order valence-electron chi connectivity index (χ3n) is 6.57. The Morgan fingerprint density at radius 2 is 1.54 bits per heavy atom. The van der Waals surface area contributed by atoms with Crippen molar-refractivity contribution in [2.45, 2.75) is 72.1 Å². The second-order valence-electron chi connectivity index (χ2n) is 9.36. The molecule has 3 aromatic rings. The smallest absolute Gasteiger partial charge is 0.196 e. The van der Waals surface area contributed by atoms with Gasteiger partial charge in [-0.25, -0.2) is 0 Å². The highest BCUT2D eigenvalue weighted by molar-refractivity contribution is 6.17. The molecule has 0 aliphatic rings. The van der Waals surface area contributed by atoms with E-state index in [0.29, 0.717) is 29.0 Å². The molecule has 0 bridgehead atoms. The van der Waals surface area contributed by atoms with Crippen LogP contribution in [-0.2, 0) is 6.42 Å². The fraction of sp³-hybridized carbons (Fsp3) is 0.500. The molecule has 190 valence electrons. The summed E-state index contributed by atoms with van der Waals surface area (Å²) >= 11 is 0. The summed E-state index contributed by atoms with van der Waals surface area (Å²) in [7, 11) is 0. The van der Waals surface area contributed by atoms with Gasteiger partial charge in [0.25, 0.3) is 0 Å². The largest absolute Gasteiger partial charge is 0.494 e. The monoisotopic (exact) mass is 478 g/mol. The Balaban J connectivity index is 1.61. The number of carbonyl (C=O) groups excluding carboxylic acids is 1. The van der Waals surface area contributed by atoms with E-state index in [1.54, 1.807) is 6.26 Å². The fourth-order valence-corrected chi connectivity index (χ4v) is 4.44. The van der Waals surface area contributed by atoms with Crippen molar-refractivity contribution in [2.24, 2.45) is 0 Å². The standard InChI is InChI=1S/C30H42N2O3/c1-4-7-11-25-27(31)16-17-28-29(25)26(22-35-28)30(33)23-12-14-24(15-13-23)34-21-10-20-32(18-8-5-2)19-9-6-3/h12-17,22H,4-11,18-21,31H2,1-3H3. The van der Waals surface area contributed by atoms with Crippen LogP contribution in [0.1, 0.15) is 87.2 Å². The summed E-state index contributed by atoms with van der Waals surface area (Å²) in [5.74, 6) is 0.737. The minimum Gasteiger partial charge on any atom is -0.494 e. The zero-order valence-electron chi connectivity index (χ0n) is 21.8. The second kappa shape index (κ2) is 13.9. The Hall–Kier alpha value is -2.79. The summed E-state index contributed by atoms with van der Waals surface area (Å²) < 4.78 is 11.7. The van der Waals surface area contributed by atoms with Crippen LogP contribution in [0, 0.1) is 0 Å². The number of fused-ring (bicyclic) bond motifs is 1. The van der Waals surface area contributed by atoms with Crippen molar-refractivity contribution >= 4 is 22.4 Å². The Kier molecular flexibility index (Phi) is 10.7. The predicted molar refractivity (Wildman–Crippen MR) is 145 cm³/mol. The van der Waals surface area contributed by atoms with E-state index in [0.717, 1.165) is 48.9 Å². The summed E-state index contributed by atoms with van der Waals surface area (Å²) in [6, 6.07) is 11.2. The van der Waals surface area contributed by atoms with Crippen LogP contribution < -0.4 is 10.5 Å². The number of hydrogen-bond acceptors (Lipinski definition) is 5. The molecule has 0 amide bonds. The van der Waals surface area contributed by atoms with Crippen molar-refractivity contribution < 1.29 is 13.9 Å². The summed E-state index contributed by atoms with van der Waals surface area (Å²) in [4.78, 5) is 15.9.